The van der Waals surface area contributed by atoms with Crippen molar-refractivity contribution in [2.24, 2.45) is 5.92 Å². The first-order chi connectivity index (χ1) is 19.4. The van der Waals surface area contributed by atoms with Crippen molar-refractivity contribution in [2.75, 3.05) is 11.6 Å². The summed E-state index contributed by atoms with van der Waals surface area (Å²) >= 11 is 12.0. The van der Waals surface area contributed by atoms with E-state index in [0.29, 0.717) is 27.2 Å². The number of carbonyl (C=O) groups excluding carboxylic acids is 1. The molecule has 0 saturated heterocycles. The van der Waals surface area contributed by atoms with Crippen molar-refractivity contribution >= 4 is 50.6 Å². The molecule has 0 aliphatic heterocycles. The Kier molecular flexibility index (Phi) is 9.16. The Bertz CT molecular complexity index is 1790. The molecular formula is C27H25Cl2N5O6S. The summed E-state index contributed by atoms with van der Waals surface area (Å²) < 4.78 is 32.8. The molecule has 0 spiro atoms. The summed E-state index contributed by atoms with van der Waals surface area (Å²) in [6.07, 6.45) is 3.86. The first-order valence-electron chi connectivity index (χ1n) is 12.1. The number of ether oxygens (including phenoxy) is 1. The van der Waals surface area contributed by atoms with Crippen LogP contribution in [0.3, 0.4) is 0 Å². The van der Waals surface area contributed by atoms with E-state index in [0.717, 1.165) is 16.4 Å². The minimum atomic E-state index is -3.81. The van der Waals surface area contributed by atoms with Gasteiger partial charge in [-0.1, -0.05) is 42.3 Å². The second kappa shape index (κ2) is 12.6. The van der Waals surface area contributed by atoms with Crippen molar-refractivity contribution in [3.05, 3.63) is 110 Å². The third kappa shape index (κ3) is 8.19. The van der Waals surface area contributed by atoms with E-state index in [1.165, 1.54) is 30.0 Å². The number of nitrogens with zero attached hydrogens (tertiary/aromatic N) is 3. The maximum atomic E-state index is 13.6. The van der Waals surface area contributed by atoms with Crippen molar-refractivity contribution in [1.82, 2.24) is 18.8 Å². The van der Waals surface area contributed by atoms with Gasteiger partial charge in [-0.2, -0.15) is 0 Å². The van der Waals surface area contributed by atoms with Crippen LogP contribution in [0.5, 0.6) is 11.5 Å². The molecule has 2 N–H and O–H groups in total. The fourth-order valence-electron chi connectivity index (χ4n) is 3.79. The summed E-state index contributed by atoms with van der Waals surface area (Å²) in [6.45, 7) is 1.17. The minimum absolute atomic E-state index is 0.0749. The second-order valence-corrected chi connectivity index (χ2v) is 11.8. The summed E-state index contributed by atoms with van der Waals surface area (Å²) in [5.74, 6) is -0.651. The zero-order chi connectivity index (χ0) is 29.7. The first-order valence-corrected chi connectivity index (χ1v) is 14.8. The van der Waals surface area contributed by atoms with Gasteiger partial charge in [0.2, 0.25) is 15.9 Å². The van der Waals surface area contributed by atoms with E-state index in [9.17, 15) is 22.8 Å². The summed E-state index contributed by atoms with van der Waals surface area (Å²) in [5.41, 5.74) is -0.0741. The molecule has 1 atom stereocenters. The number of nitrogens with one attached hydrogen (secondary N) is 2. The number of rotatable bonds is 10. The number of amides is 1. The molecule has 214 valence electrons. The Morgan fingerprint density at radius 2 is 1.63 bits per heavy atom. The van der Waals surface area contributed by atoms with Crippen LogP contribution in [0.25, 0.3) is 0 Å². The Morgan fingerprint density at radius 1 is 0.951 bits per heavy atom. The topological polar surface area (TPSA) is 141 Å². The molecule has 1 amide bonds. The smallest absolute Gasteiger partial charge is 0.332 e. The summed E-state index contributed by atoms with van der Waals surface area (Å²) in [5, 5.41) is 4.05. The maximum Gasteiger partial charge on any atom is 0.332 e. The van der Waals surface area contributed by atoms with Gasteiger partial charge in [0.25, 0.3) is 5.56 Å². The number of pyridine rings is 1. The lowest BCUT2D eigenvalue weighted by atomic mass is 10.1. The average molecular weight is 618 g/mol. The highest BCUT2D eigenvalue weighted by molar-refractivity contribution is 7.89. The zero-order valence-corrected chi connectivity index (χ0v) is 24.2. The first kappa shape index (κ1) is 29.8. The normalized spacial score (nSPS) is 12.0. The lowest BCUT2D eigenvalue weighted by Crippen LogP contribution is -2.44. The lowest BCUT2D eigenvalue weighted by Gasteiger charge is -2.18. The van der Waals surface area contributed by atoms with E-state index in [4.69, 9.17) is 27.9 Å². The third-order valence-corrected chi connectivity index (χ3v) is 6.80. The van der Waals surface area contributed by atoms with Crippen LogP contribution in [0, 0.1) is 5.92 Å². The molecule has 2 aromatic heterocycles. The predicted molar refractivity (Wildman–Crippen MR) is 157 cm³/mol. The molecule has 0 fully saturated rings. The number of anilines is 2. The van der Waals surface area contributed by atoms with Gasteiger partial charge in [-0.3, -0.25) is 28.4 Å². The minimum Gasteiger partial charge on any atom is -0.456 e. The largest absolute Gasteiger partial charge is 0.456 e. The Hall–Kier alpha value is -4.13. The molecule has 0 aliphatic carbocycles. The van der Waals surface area contributed by atoms with Gasteiger partial charge in [0, 0.05) is 35.6 Å². The van der Waals surface area contributed by atoms with Crippen molar-refractivity contribution in [3.63, 3.8) is 0 Å². The quantitative estimate of drug-likeness (QED) is 0.272. The molecule has 0 aliphatic rings. The van der Waals surface area contributed by atoms with Crippen molar-refractivity contribution in [2.45, 2.75) is 20.0 Å². The van der Waals surface area contributed by atoms with Gasteiger partial charge in [-0.05, 0) is 42.0 Å². The van der Waals surface area contributed by atoms with E-state index in [2.05, 4.69) is 10.3 Å². The number of hydrogen-bond acceptors (Lipinski definition) is 8. The number of benzene rings is 2. The third-order valence-electron chi connectivity index (χ3n) is 5.76. The number of aromatic nitrogens is 3. The fraction of sp³-hybridized carbons (Fsp3) is 0.185. The highest BCUT2D eigenvalue weighted by Crippen LogP contribution is 2.25. The SMILES string of the molecule is C[C@@H](Cn1c(=O)cc(Nc2ccc(Oc3cncc(Cl)c3)cc2)n(Cc2ccc(Cl)cc2)c1=O)C(=O)NS(C)(=O)=O. The Morgan fingerprint density at radius 3 is 2.27 bits per heavy atom. The van der Waals surface area contributed by atoms with Crippen LogP contribution < -0.4 is 26.0 Å². The molecule has 2 heterocycles. The summed E-state index contributed by atoms with van der Waals surface area (Å²) in [6, 6.07) is 16.5. The van der Waals surface area contributed by atoms with Gasteiger partial charge in [0.1, 0.15) is 17.3 Å². The van der Waals surface area contributed by atoms with Crippen LogP contribution >= 0.6 is 23.2 Å². The number of halogens is 2. The highest BCUT2D eigenvalue weighted by atomic mass is 35.5. The van der Waals surface area contributed by atoms with Crippen LogP contribution in [0.4, 0.5) is 11.5 Å². The molecule has 0 saturated carbocycles. The maximum absolute atomic E-state index is 13.6. The molecule has 14 heteroatoms. The highest BCUT2D eigenvalue weighted by Gasteiger charge is 2.21. The predicted octanol–water partition coefficient (Wildman–Crippen LogP) is 4.01. The molecule has 11 nitrogen and oxygen atoms in total. The Labute approximate surface area is 245 Å². The van der Waals surface area contributed by atoms with Gasteiger partial charge < -0.3 is 10.1 Å². The summed E-state index contributed by atoms with van der Waals surface area (Å²) in [4.78, 5) is 42.9. The number of sulfonamides is 1. The van der Waals surface area contributed by atoms with Gasteiger partial charge in [0.05, 0.1) is 29.9 Å². The Balaban J connectivity index is 1.65. The molecule has 0 unspecified atom stereocenters. The molecule has 0 bridgehead atoms. The second-order valence-electron chi connectivity index (χ2n) is 9.20. The van der Waals surface area contributed by atoms with Gasteiger partial charge in [-0.25, -0.2) is 13.2 Å². The van der Waals surface area contributed by atoms with E-state index < -0.39 is 33.1 Å². The lowest BCUT2D eigenvalue weighted by molar-refractivity contribution is -0.123. The van der Waals surface area contributed by atoms with E-state index >= 15 is 0 Å². The fourth-order valence-corrected chi connectivity index (χ4v) is 4.65. The van der Waals surface area contributed by atoms with Crippen LogP contribution in [-0.2, 0) is 27.9 Å². The van der Waals surface area contributed by atoms with E-state index in [-0.39, 0.29) is 18.9 Å². The number of carbonyl (C=O) groups is 1. The van der Waals surface area contributed by atoms with Crippen LogP contribution in [0.1, 0.15) is 12.5 Å². The molecule has 41 heavy (non-hydrogen) atoms. The molecule has 0 radical (unpaired) electrons. The molecule has 4 aromatic rings. The molecule has 4 rings (SSSR count). The van der Waals surface area contributed by atoms with Gasteiger partial charge >= 0.3 is 5.69 Å². The van der Waals surface area contributed by atoms with Crippen molar-refractivity contribution < 1.29 is 17.9 Å². The average Bonchev–Trinajstić information content (AvgIpc) is 2.90. The van der Waals surface area contributed by atoms with Crippen molar-refractivity contribution in [3.8, 4) is 11.5 Å². The van der Waals surface area contributed by atoms with E-state index in [1.54, 1.807) is 54.6 Å². The molecular weight excluding hydrogens is 593 g/mol. The van der Waals surface area contributed by atoms with Crippen LogP contribution in [0.2, 0.25) is 10.0 Å². The standard InChI is InChI=1S/C27H25Cl2N5O6S/c1-17(26(36)32-41(2,38)39)15-34-25(35)12-24(33(27(34)37)16-18-3-5-19(28)6-4-18)31-21-7-9-22(10-8-21)40-23-11-20(29)13-30-14-23/h3-14,17,31H,15-16H2,1-2H3,(H,32,36)/t17-/m0/s1. The van der Waals surface area contributed by atoms with Gasteiger partial charge in [-0.15, -0.1) is 0 Å². The van der Waals surface area contributed by atoms with Crippen molar-refractivity contribution in [1.29, 1.82) is 0 Å². The van der Waals surface area contributed by atoms with E-state index in [1.807, 2.05) is 4.72 Å². The summed E-state index contributed by atoms with van der Waals surface area (Å²) in [7, 11) is -3.81. The van der Waals surface area contributed by atoms with Gasteiger partial charge in [0.15, 0.2) is 0 Å². The van der Waals surface area contributed by atoms with Crippen LogP contribution in [0.15, 0.2) is 82.6 Å². The zero-order valence-electron chi connectivity index (χ0n) is 21.9. The molecule has 2 aromatic carbocycles. The number of hydrogen-bond donors (Lipinski definition) is 2. The monoisotopic (exact) mass is 617 g/mol. The van der Waals surface area contributed by atoms with Crippen LogP contribution in [-0.4, -0.2) is 34.7 Å².